The van der Waals surface area contributed by atoms with Crippen LogP contribution in [0.15, 0.2) is 18.6 Å². The molecule has 0 radical (unpaired) electrons. The summed E-state index contributed by atoms with van der Waals surface area (Å²) >= 11 is 0. The zero-order valence-corrected chi connectivity index (χ0v) is 13.6. The Morgan fingerprint density at radius 2 is 2.10 bits per heavy atom. The molecule has 2 rings (SSSR count). The number of carbonyl (C=O) groups is 1. The number of hydrogen-bond donors (Lipinski definition) is 1. The predicted molar refractivity (Wildman–Crippen MR) is 83.2 cm³/mol. The molecule has 6 heteroatoms. The van der Waals surface area contributed by atoms with Crippen LogP contribution < -0.4 is 5.32 Å². The lowest BCUT2D eigenvalue weighted by molar-refractivity contribution is 0.0293. The first-order valence-corrected chi connectivity index (χ1v) is 7.44. The minimum absolute atomic E-state index is 0.198. The SMILES string of the molecule is CC.CC(C)(C)OC(=O)N1CCC(Nc2cnccn2)C1. The van der Waals surface area contributed by atoms with Gasteiger partial charge in [0.2, 0.25) is 0 Å². The van der Waals surface area contributed by atoms with Crippen molar-refractivity contribution in [1.82, 2.24) is 14.9 Å². The maximum atomic E-state index is 11.9. The summed E-state index contributed by atoms with van der Waals surface area (Å²) in [5, 5.41) is 3.27. The van der Waals surface area contributed by atoms with Crippen molar-refractivity contribution in [1.29, 1.82) is 0 Å². The first-order chi connectivity index (χ1) is 9.94. The van der Waals surface area contributed by atoms with E-state index in [4.69, 9.17) is 4.74 Å². The number of ether oxygens (including phenoxy) is 1. The van der Waals surface area contributed by atoms with Crippen molar-refractivity contribution in [2.45, 2.75) is 52.7 Å². The highest BCUT2D eigenvalue weighted by Crippen LogP contribution is 2.17. The first kappa shape index (κ1) is 17.2. The van der Waals surface area contributed by atoms with Crippen molar-refractivity contribution >= 4 is 11.9 Å². The molecule has 1 unspecified atom stereocenters. The fraction of sp³-hybridized carbons (Fsp3) is 0.667. The molecule has 1 aromatic heterocycles. The molecule has 1 fully saturated rings. The van der Waals surface area contributed by atoms with Crippen molar-refractivity contribution < 1.29 is 9.53 Å². The summed E-state index contributed by atoms with van der Waals surface area (Å²) in [6.45, 7) is 10.9. The second-order valence-corrected chi connectivity index (χ2v) is 5.65. The normalized spacial score (nSPS) is 17.8. The fourth-order valence-electron chi connectivity index (χ4n) is 1.95. The van der Waals surface area contributed by atoms with E-state index < -0.39 is 5.60 Å². The Morgan fingerprint density at radius 1 is 1.38 bits per heavy atom. The molecule has 1 aliphatic heterocycles. The van der Waals surface area contributed by atoms with Crippen LogP contribution in [0.1, 0.15) is 41.0 Å². The number of amides is 1. The lowest BCUT2D eigenvalue weighted by Gasteiger charge is -2.24. The maximum Gasteiger partial charge on any atom is 0.410 e. The Morgan fingerprint density at radius 3 is 2.67 bits per heavy atom. The van der Waals surface area contributed by atoms with Crippen molar-refractivity contribution in [2.75, 3.05) is 18.4 Å². The largest absolute Gasteiger partial charge is 0.444 e. The van der Waals surface area contributed by atoms with Crippen LogP contribution in [0.2, 0.25) is 0 Å². The van der Waals surface area contributed by atoms with Crippen molar-refractivity contribution in [3.63, 3.8) is 0 Å². The van der Waals surface area contributed by atoms with Crippen molar-refractivity contribution in [2.24, 2.45) is 0 Å². The Balaban J connectivity index is 0.00000106. The topological polar surface area (TPSA) is 67.3 Å². The number of hydrogen-bond acceptors (Lipinski definition) is 5. The fourth-order valence-corrected chi connectivity index (χ4v) is 1.95. The second-order valence-electron chi connectivity index (χ2n) is 5.65. The van der Waals surface area contributed by atoms with Gasteiger partial charge < -0.3 is 15.0 Å². The Labute approximate surface area is 126 Å². The van der Waals surface area contributed by atoms with Crippen LogP contribution >= 0.6 is 0 Å². The predicted octanol–water partition coefficient (Wildman–Crippen LogP) is 2.92. The summed E-state index contributed by atoms with van der Waals surface area (Å²) in [7, 11) is 0. The molecule has 0 aliphatic carbocycles. The van der Waals surface area contributed by atoms with E-state index in [0.717, 1.165) is 12.2 Å². The van der Waals surface area contributed by atoms with Crippen LogP contribution in [0.25, 0.3) is 0 Å². The molecule has 21 heavy (non-hydrogen) atoms. The zero-order valence-electron chi connectivity index (χ0n) is 13.6. The summed E-state index contributed by atoms with van der Waals surface area (Å²) in [5.74, 6) is 0.735. The minimum Gasteiger partial charge on any atom is -0.444 e. The van der Waals surface area contributed by atoms with Gasteiger partial charge in [-0.3, -0.25) is 4.98 Å². The maximum absolute atomic E-state index is 11.9. The van der Waals surface area contributed by atoms with Gasteiger partial charge in [0.15, 0.2) is 0 Å². The van der Waals surface area contributed by atoms with Gasteiger partial charge in [0.1, 0.15) is 11.4 Å². The number of nitrogens with one attached hydrogen (secondary N) is 1. The van der Waals surface area contributed by atoms with E-state index in [1.54, 1.807) is 23.5 Å². The molecule has 1 amide bonds. The molecule has 2 heterocycles. The second kappa shape index (κ2) is 7.81. The highest BCUT2D eigenvalue weighted by Gasteiger charge is 2.29. The van der Waals surface area contributed by atoms with Crippen LogP contribution in [-0.2, 0) is 4.74 Å². The molecule has 0 aromatic carbocycles. The van der Waals surface area contributed by atoms with Gasteiger partial charge in [0.05, 0.1) is 6.20 Å². The van der Waals surface area contributed by atoms with E-state index in [1.807, 2.05) is 34.6 Å². The Kier molecular flexibility index (Phi) is 6.39. The van der Waals surface area contributed by atoms with Gasteiger partial charge in [-0.05, 0) is 27.2 Å². The third-order valence-corrected chi connectivity index (χ3v) is 2.76. The molecular formula is C15H26N4O2. The Hall–Kier alpha value is -1.85. The average Bonchev–Trinajstić information content (AvgIpc) is 2.89. The molecule has 1 saturated heterocycles. The Bertz CT molecular complexity index is 431. The minimum atomic E-state index is -0.451. The van der Waals surface area contributed by atoms with Gasteiger partial charge in [-0.15, -0.1) is 0 Å². The van der Waals surface area contributed by atoms with Crippen LogP contribution in [0, 0.1) is 0 Å². The molecule has 1 aliphatic rings. The van der Waals surface area contributed by atoms with Crippen LogP contribution in [-0.4, -0.2) is 45.7 Å². The molecule has 0 saturated carbocycles. The molecular weight excluding hydrogens is 268 g/mol. The summed E-state index contributed by atoms with van der Waals surface area (Å²) in [5.41, 5.74) is -0.451. The number of anilines is 1. The molecule has 1 atom stereocenters. The van der Waals surface area contributed by atoms with Crippen molar-refractivity contribution in [3.05, 3.63) is 18.6 Å². The zero-order chi connectivity index (χ0) is 15.9. The van der Waals surface area contributed by atoms with Gasteiger partial charge in [0, 0.05) is 31.5 Å². The third-order valence-electron chi connectivity index (χ3n) is 2.76. The average molecular weight is 294 g/mol. The van der Waals surface area contributed by atoms with Gasteiger partial charge in [-0.1, -0.05) is 13.8 Å². The van der Waals surface area contributed by atoms with Gasteiger partial charge in [-0.25, -0.2) is 9.78 Å². The summed E-state index contributed by atoms with van der Waals surface area (Å²) in [6, 6.07) is 0.198. The lowest BCUT2D eigenvalue weighted by atomic mass is 10.2. The smallest absolute Gasteiger partial charge is 0.410 e. The number of nitrogens with zero attached hydrogens (tertiary/aromatic N) is 3. The lowest BCUT2D eigenvalue weighted by Crippen LogP contribution is -2.36. The highest BCUT2D eigenvalue weighted by atomic mass is 16.6. The van der Waals surface area contributed by atoms with Crippen LogP contribution in [0.5, 0.6) is 0 Å². The monoisotopic (exact) mass is 294 g/mol. The van der Waals surface area contributed by atoms with E-state index in [9.17, 15) is 4.79 Å². The standard InChI is InChI=1S/C13H20N4O2.C2H6/c1-13(2,3)19-12(18)17-7-4-10(9-17)16-11-8-14-5-6-15-11;1-2/h5-6,8,10H,4,7,9H2,1-3H3,(H,15,16);1-2H3. The molecule has 1 aromatic rings. The summed E-state index contributed by atoms with van der Waals surface area (Å²) < 4.78 is 5.35. The molecule has 0 bridgehead atoms. The van der Waals surface area contributed by atoms with Crippen LogP contribution in [0.4, 0.5) is 10.6 Å². The van der Waals surface area contributed by atoms with E-state index in [2.05, 4.69) is 15.3 Å². The number of carbonyl (C=O) groups excluding carboxylic acids is 1. The van der Waals surface area contributed by atoms with E-state index in [-0.39, 0.29) is 12.1 Å². The number of rotatable bonds is 2. The molecule has 1 N–H and O–H groups in total. The summed E-state index contributed by atoms with van der Waals surface area (Å²) in [4.78, 5) is 21.8. The number of likely N-dealkylation sites (tertiary alicyclic amines) is 1. The first-order valence-electron chi connectivity index (χ1n) is 7.44. The van der Waals surface area contributed by atoms with Crippen molar-refractivity contribution in [3.8, 4) is 0 Å². The molecule has 0 spiro atoms. The van der Waals surface area contributed by atoms with Gasteiger partial charge >= 0.3 is 6.09 Å². The molecule has 118 valence electrons. The van der Waals surface area contributed by atoms with Gasteiger partial charge in [-0.2, -0.15) is 0 Å². The third kappa shape index (κ3) is 5.97. The molecule has 6 nitrogen and oxygen atoms in total. The van der Waals surface area contributed by atoms with E-state index in [1.165, 1.54) is 0 Å². The van der Waals surface area contributed by atoms with Crippen LogP contribution in [0.3, 0.4) is 0 Å². The van der Waals surface area contributed by atoms with E-state index in [0.29, 0.717) is 13.1 Å². The van der Waals surface area contributed by atoms with E-state index >= 15 is 0 Å². The van der Waals surface area contributed by atoms with Gasteiger partial charge in [0.25, 0.3) is 0 Å². The summed E-state index contributed by atoms with van der Waals surface area (Å²) in [6.07, 6.45) is 5.58. The number of aromatic nitrogens is 2. The highest BCUT2D eigenvalue weighted by molar-refractivity contribution is 5.68. The quantitative estimate of drug-likeness (QED) is 0.908.